The maximum absolute atomic E-state index is 14.4. The number of likely N-dealkylation sites (N-methyl/N-ethyl adjacent to an activating group) is 4. The summed E-state index contributed by atoms with van der Waals surface area (Å²) in [4.78, 5) is 163. The fraction of sp³-hybridized carbons (Fsp3) is 0.730. The lowest BCUT2D eigenvalue weighted by Gasteiger charge is -2.41. The first-order valence-electron chi connectivity index (χ1n) is 42.4. The second-order valence-electron chi connectivity index (χ2n) is 33.6. The molecule has 3 fully saturated rings. The Balaban J connectivity index is 0.000000735. The van der Waals surface area contributed by atoms with E-state index < -0.39 is 115 Å². The second-order valence-corrected chi connectivity index (χ2v) is 33.6. The normalized spacial score (nSPS) is 19.3. The van der Waals surface area contributed by atoms with Crippen molar-refractivity contribution in [2.45, 2.75) is 305 Å². The van der Waals surface area contributed by atoms with Crippen LogP contribution in [0.25, 0.3) is 0 Å². The lowest BCUT2D eigenvalue weighted by molar-refractivity contribution is -0.163. The number of cyclic esters (lactones) is 2. The minimum atomic E-state index is -1.00. The second kappa shape index (κ2) is 53.0. The van der Waals surface area contributed by atoms with E-state index in [1.807, 2.05) is 118 Å². The Morgan fingerprint density at radius 2 is 0.866 bits per heavy atom. The van der Waals surface area contributed by atoms with Gasteiger partial charge in [-0.15, -0.1) is 0 Å². The molecular weight excluding hydrogens is 1530 g/mol. The molecule has 5 rings (SSSR count). The smallest absolute Gasteiger partial charge is 0.313 e. The van der Waals surface area contributed by atoms with Crippen LogP contribution in [0.2, 0.25) is 0 Å². The highest BCUT2D eigenvalue weighted by molar-refractivity contribution is 5.93. The molecule has 0 unspecified atom stereocenters. The number of amides is 9. The molecule has 119 heavy (non-hydrogen) atoms. The average Bonchev–Trinajstić information content (AvgIpc) is 1.80. The van der Waals surface area contributed by atoms with Gasteiger partial charge < -0.3 is 90.1 Å². The van der Waals surface area contributed by atoms with Crippen LogP contribution in [0.5, 0.6) is 0 Å². The zero-order valence-corrected chi connectivity index (χ0v) is 75.0. The summed E-state index contributed by atoms with van der Waals surface area (Å²) in [5, 5.41) is 45.5. The number of carbonyl (C=O) groups excluding carboxylic acids is 11. The van der Waals surface area contributed by atoms with E-state index in [2.05, 4.69) is 31.3 Å². The van der Waals surface area contributed by atoms with E-state index in [0.717, 1.165) is 19.3 Å². The number of likely N-dealkylation sites (tertiary alicyclic amines) is 2. The lowest BCUT2D eigenvalue weighted by Crippen LogP contribution is -2.60. The van der Waals surface area contributed by atoms with Gasteiger partial charge in [0.1, 0.15) is 18.1 Å². The fourth-order valence-corrected chi connectivity index (χ4v) is 16.3. The van der Waals surface area contributed by atoms with Crippen molar-refractivity contribution < 1.29 is 96.5 Å². The largest absolute Gasteiger partial charge is 0.481 e. The van der Waals surface area contributed by atoms with Crippen LogP contribution >= 0.6 is 0 Å². The Bertz CT molecular complexity index is 3470. The highest BCUT2D eigenvalue weighted by atomic mass is 16.6. The van der Waals surface area contributed by atoms with Crippen molar-refractivity contribution in [3.63, 3.8) is 0 Å². The molecule has 0 saturated carbocycles. The topological polar surface area (TPSA) is 388 Å². The first-order valence-corrected chi connectivity index (χ1v) is 42.4. The Morgan fingerprint density at radius 3 is 1.17 bits per heavy atom. The van der Waals surface area contributed by atoms with Crippen molar-refractivity contribution in [3.8, 4) is 0 Å². The minimum Gasteiger partial charge on any atom is -0.481 e. The highest BCUT2D eigenvalue weighted by Gasteiger charge is 2.47. The summed E-state index contributed by atoms with van der Waals surface area (Å²) in [6, 6.07) is 12.4. The molecule has 30 heteroatoms. The Hall–Kier alpha value is -8.00. The molecule has 0 bridgehead atoms. The Kier molecular flexibility index (Phi) is 47.7. The predicted molar refractivity (Wildman–Crippen MR) is 456 cm³/mol. The van der Waals surface area contributed by atoms with E-state index in [-0.39, 0.29) is 140 Å². The van der Waals surface area contributed by atoms with Crippen molar-refractivity contribution in [1.29, 1.82) is 0 Å². The van der Waals surface area contributed by atoms with Gasteiger partial charge in [-0.05, 0) is 106 Å². The summed E-state index contributed by atoms with van der Waals surface area (Å²) in [7, 11) is 12.8. The van der Waals surface area contributed by atoms with Crippen LogP contribution in [-0.4, -0.2) is 265 Å². The molecule has 9 amide bonds. The van der Waals surface area contributed by atoms with Gasteiger partial charge in [-0.25, -0.2) is 0 Å². The van der Waals surface area contributed by atoms with Gasteiger partial charge in [0.2, 0.25) is 53.2 Å². The van der Waals surface area contributed by atoms with Gasteiger partial charge in [-0.2, -0.15) is 0 Å². The lowest BCUT2D eigenvalue weighted by atomic mass is 9.89. The molecule has 8 N–H and O–H groups in total. The number of hydrogen-bond acceptors (Lipinski definition) is 20. The van der Waals surface area contributed by atoms with Gasteiger partial charge in [0.15, 0.2) is 0 Å². The zero-order valence-electron chi connectivity index (χ0n) is 75.0. The highest BCUT2D eigenvalue weighted by Crippen LogP contribution is 2.34. The fourth-order valence-electron chi connectivity index (χ4n) is 16.3. The summed E-state index contributed by atoms with van der Waals surface area (Å²) in [6.07, 6.45) is 1.28. The quantitative estimate of drug-likeness (QED) is 0.0228. The van der Waals surface area contributed by atoms with Crippen LogP contribution in [0.1, 0.15) is 231 Å². The summed E-state index contributed by atoms with van der Waals surface area (Å²) < 4.78 is 28.0. The van der Waals surface area contributed by atoms with Gasteiger partial charge in [-0.1, -0.05) is 178 Å². The van der Waals surface area contributed by atoms with Crippen molar-refractivity contribution in [1.82, 2.24) is 51.1 Å². The number of aliphatic hydroxyl groups is 2. The number of carboxylic acids is 1. The van der Waals surface area contributed by atoms with Gasteiger partial charge in [0.05, 0.1) is 104 Å². The van der Waals surface area contributed by atoms with E-state index in [9.17, 15) is 67.7 Å². The Labute approximate surface area is 709 Å². The van der Waals surface area contributed by atoms with Gasteiger partial charge >= 0.3 is 17.9 Å². The predicted octanol–water partition coefficient (Wildman–Crippen LogP) is 8.43. The van der Waals surface area contributed by atoms with Crippen LogP contribution in [0.15, 0.2) is 60.7 Å². The van der Waals surface area contributed by atoms with Gasteiger partial charge in [-0.3, -0.25) is 57.5 Å². The molecule has 3 heterocycles. The Morgan fingerprint density at radius 1 is 0.496 bits per heavy atom. The number of aliphatic hydroxyl groups excluding tert-OH is 2. The number of benzene rings is 2. The number of methoxy groups -OCH3 is 4. The number of nitrogens with zero attached hydrogens (tertiary/aromatic N) is 5. The third kappa shape index (κ3) is 31.4. The molecule has 2 aromatic carbocycles. The number of carboxylic acid groups (broad SMARTS) is 1. The van der Waals surface area contributed by atoms with Crippen molar-refractivity contribution in [2.24, 2.45) is 47.3 Å². The van der Waals surface area contributed by atoms with E-state index in [4.69, 9.17) is 24.1 Å². The molecule has 676 valence electrons. The number of ether oxygens (including phenoxy) is 5. The summed E-state index contributed by atoms with van der Waals surface area (Å²) in [6.45, 7) is 31.1. The molecule has 0 aromatic heterocycles. The third-order valence-corrected chi connectivity index (χ3v) is 23.7. The molecule has 2 aromatic rings. The van der Waals surface area contributed by atoms with Crippen molar-refractivity contribution in [2.75, 3.05) is 69.7 Å². The maximum atomic E-state index is 14.4. The summed E-state index contributed by atoms with van der Waals surface area (Å²) in [5.41, 5.74) is 1.40. The average molecular weight is 1680 g/mol. The number of esters is 2. The molecule has 0 spiro atoms. The van der Waals surface area contributed by atoms with Crippen molar-refractivity contribution in [3.05, 3.63) is 71.8 Å². The SMILES string of the molecule is C.CC[C@H](C)[C@@H]([C@@H](CC(=O)N1CCC[C@H]1[C@H](OC)[C@@H](C)C(=O)N[C@H](C)[C@@H](O)c1ccccc1)OC)N(C)C(=O)[C@@H](NC(=O)[C@@H](NC)C(C)C)C(C)C.CC[C@H](C)[C@@H]([C@@H](CC(=O)N1CCC[C@H]1[C@H](OC)[C@@H](C)C(=O)N[C@H](C)[C@@H](O)c1ccccc1)OC)N(C)C(=O)[C@@H](NC(=O)[C@H](C(C)C)N(C)C(=O)CCCC(=O)O)C(C)C.O=C1CCCC(=O)O1. The molecule has 3 aliphatic heterocycles. The van der Waals surface area contributed by atoms with Crippen LogP contribution < -0.4 is 26.6 Å². The van der Waals surface area contributed by atoms with E-state index in [1.54, 1.807) is 109 Å². The summed E-state index contributed by atoms with van der Waals surface area (Å²) >= 11 is 0. The molecular formula is C89H150N10O20. The number of carbonyl (C=O) groups is 12. The molecule has 3 saturated heterocycles. The van der Waals surface area contributed by atoms with Crippen molar-refractivity contribution >= 4 is 71.1 Å². The minimum absolute atomic E-state index is 0. The van der Waals surface area contributed by atoms with E-state index in [1.165, 1.54) is 26.2 Å². The van der Waals surface area contributed by atoms with Crippen LogP contribution in [0, 0.1) is 47.3 Å². The van der Waals surface area contributed by atoms with Crippen LogP contribution in [0.4, 0.5) is 0 Å². The number of rotatable bonds is 44. The monoisotopic (exact) mass is 1680 g/mol. The van der Waals surface area contributed by atoms with Crippen LogP contribution in [0.3, 0.4) is 0 Å². The maximum Gasteiger partial charge on any atom is 0.313 e. The molecule has 0 aliphatic carbocycles. The number of hydrogen-bond donors (Lipinski definition) is 8. The number of aliphatic carboxylic acids is 1. The first kappa shape index (κ1) is 107. The van der Waals surface area contributed by atoms with E-state index in [0.29, 0.717) is 62.7 Å². The first-order chi connectivity index (χ1) is 55.6. The molecule has 30 nitrogen and oxygen atoms in total. The molecule has 0 radical (unpaired) electrons. The number of nitrogens with one attached hydrogen (secondary N) is 5. The van der Waals surface area contributed by atoms with E-state index >= 15 is 0 Å². The van der Waals surface area contributed by atoms with Gasteiger partial charge in [0.25, 0.3) is 0 Å². The zero-order chi connectivity index (χ0) is 89.3. The molecule has 3 aliphatic rings. The third-order valence-electron chi connectivity index (χ3n) is 23.7. The standard InChI is InChI=1S/C44H73N5O10.C39H67N5O7.C5H6O3.CH4/c1-13-28(6)39(48(10)44(57)37(26(2)3)46-43(56)38(27(4)5)47(9)34(50)22-17-23-36(52)53)33(58-11)25-35(51)49-24-18-21-32(49)41(59-12)29(7)42(55)45-30(8)40(54)31-19-15-14-16-20-31;1-13-25(6)34(43(10)39(49)33(24(4)5)42-38(48)32(40-9)23(2)3)30(50-11)22-31(45)44-21-17-20-29(44)36(51-12)26(7)37(47)41-27(8)35(46)28-18-15-14-16-19-28;6-4-2-1-3-5(7)8-4;/h14-16,19-20,26-30,32-33,37-41,54H,13,17-18,21-25H2,1-12H3,(H,45,55)(H,46,56)(H,52,53);14-16,18-19,23-27,29-30,32-36,40,46H,13,17,20-22H2,1-12H3,(H,41,47)(H,42,48);1-3H2;1H4/t28-,29+,30+,32-,33+,37-,38-,39-,40+,41+;25-,26+,27+,29-,30+,32-,33-,34-,35+,36+;;/m00../s1. The summed E-state index contributed by atoms with van der Waals surface area (Å²) in [5.74, 6) is -6.52. The molecule has 20 atom stereocenters. The van der Waals surface area contributed by atoms with Crippen LogP contribution in [-0.2, 0) is 81.2 Å². The van der Waals surface area contributed by atoms with Gasteiger partial charge in [0, 0.05) is 88.4 Å².